The summed E-state index contributed by atoms with van der Waals surface area (Å²) in [6, 6.07) is 9.13. The minimum atomic E-state index is -0.935. The van der Waals surface area contributed by atoms with E-state index in [1.807, 2.05) is 18.2 Å². The number of hydrogen-bond donors (Lipinski definition) is 2. The number of aliphatic carboxylic acids is 1. The molecule has 0 aliphatic rings. The molecule has 1 aromatic heterocycles. The van der Waals surface area contributed by atoms with Crippen LogP contribution in [0.25, 0.3) is 10.9 Å². The first kappa shape index (κ1) is 12.7. The topological polar surface area (TPSA) is 70.4 Å². The first-order valence-corrected chi connectivity index (χ1v) is 4.94. The number of para-hydroxylation sites is 1. The van der Waals surface area contributed by atoms with Crippen LogP contribution in [-0.4, -0.2) is 21.2 Å². The van der Waals surface area contributed by atoms with Crippen LogP contribution in [-0.2, 0) is 4.79 Å². The zero-order valence-electron chi connectivity index (χ0n) is 9.42. The van der Waals surface area contributed by atoms with Crippen molar-refractivity contribution in [1.29, 1.82) is 0 Å². The fourth-order valence-electron chi connectivity index (χ4n) is 1.09. The van der Waals surface area contributed by atoms with E-state index in [0.717, 1.165) is 5.39 Å². The highest BCUT2D eigenvalue weighted by molar-refractivity contribution is 5.85. The minimum absolute atomic E-state index is 0.176. The number of pyridine rings is 1. The molecule has 0 unspecified atom stereocenters. The van der Waals surface area contributed by atoms with Gasteiger partial charge in [-0.3, -0.25) is 4.98 Å². The number of nitrogens with zero attached hydrogens (tertiary/aromatic N) is 1. The summed E-state index contributed by atoms with van der Waals surface area (Å²) in [5.41, 5.74) is 0.838. The molecule has 0 fully saturated rings. The highest BCUT2D eigenvalue weighted by Crippen LogP contribution is 2.20. The molecule has 2 aromatic rings. The van der Waals surface area contributed by atoms with Crippen molar-refractivity contribution in [2.45, 2.75) is 6.92 Å². The van der Waals surface area contributed by atoms with Crippen LogP contribution in [0.2, 0.25) is 0 Å². The first-order chi connectivity index (χ1) is 8.02. The molecule has 0 aliphatic carbocycles. The zero-order valence-corrected chi connectivity index (χ0v) is 9.42. The highest BCUT2D eigenvalue weighted by atomic mass is 16.4. The van der Waals surface area contributed by atoms with E-state index in [2.05, 4.69) is 11.6 Å². The molecule has 0 bridgehead atoms. The molecular weight excluding hydrogens is 218 g/mol. The number of phenolic OH excluding ortho intramolecular Hbond substituents is 1. The predicted octanol–water partition coefficient (Wildman–Crippen LogP) is 2.59. The van der Waals surface area contributed by atoms with Gasteiger partial charge in [-0.15, -0.1) is 0 Å². The molecule has 0 aliphatic heterocycles. The average molecular weight is 231 g/mol. The standard InChI is InChI=1S/C9H7NO.C4H6O2/c11-8-5-1-3-7-4-2-6-10-9(7)8;1-3(2)4(5)6/h1-6,11H;1H2,2H3,(H,5,6). The Bertz CT molecular complexity index is 532. The first-order valence-electron chi connectivity index (χ1n) is 4.94. The van der Waals surface area contributed by atoms with Crippen LogP contribution < -0.4 is 0 Å². The number of carbonyl (C=O) groups is 1. The molecule has 0 saturated heterocycles. The lowest BCUT2D eigenvalue weighted by Gasteiger charge is -1.96. The molecular formula is C13H13NO3. The Morgan fingerprint density at radius 2 is 1.88 bits per heavy atom. The molecule has 2 N–H and O–H groups in total. The summed E-state index contributed by atoms with van der Waals surface area (Å²) >= 11 is 0. The summed E-state index contributed by atoms with van der Waals surface area (Å²) < 4.78 is 0. The number of benzene rings is 1. The lowest BCUT2D eigenvalue weighted by atomic mass is 10.2. The van der Waals surface area contributed by atoms with Gasteiger partial charge in [-0.2, -0.15) is 0 Å². The van der Waals surface area contributed by atoms with E-state index in [1.54, 1.807) is 18.3 Å². The van der Waals surface area contributed by atoms with Gasteiger partial charge in [0.1, 0.15) is 11.3 Å². The summed E-state index contributed by atoms with van der Waals surface area (Å²) in [5.74, 6) is -0.696. The van der Waals surface area contributed by atoms with Crippen molar-refractivity contribution < 1.29 is 15.0 Å². The number of hydrogen-bond acceptors (Lipinski definition) is 3. The third-order valence-corrected chi connectivity index (χ3v) is 1.98. The van der Waals surface area contributed by atoms with Gasteiger partial charge in [0.2, 0.25) is 0 Å². The second kappa shape index (κ2) is 5.65. The molecule has 4 heteroatoms. The number of aromatic hydroxyl groups is 1. The molecule has 0 radical (unpaired) electrons. The highest BCUT2D eigenvalue weighted by Gasteiger charge is 1.96. The van der Waals surface area contributed by atoms with Gasteiger partial charge in [-0.25, -0.2) is 4.79 Å². The minimum Gasteiger partial charge on any atom is -0.506 e. The van der Waals surface area contributed by atoms with Crippen molar-refractivity contribution in [3.8, 4) is 5.75 Å². The summed E-state index contributed by atoms with van der Waals surface area (Å²) in [5, 5.41) is 18.2. The Labute approximate surface area is 98.9 Å². The van der Waals surface area contributed by atoms with Gasteiger partial charge in [0.05, 0.1) is 0 Å². The number of carboxylic acid groups (broad SMARTS) is 1. The molecule has 17 heavy (non-hydrogen) atoms. The summed E-state index contributed by atoms with van der Waals surface area (Å²) in [4.78, 5) is 13.6. The Balaban J connectivity index is 0.000000209. The van der Waals surface area contributed by atoms with E-state index in [1.165, 1.54) is 6.92 Å². The van der Waals surface area contributed by atoms with Crippen molar-refractivity contribution >= 4 is 16.9 Å². The van der Waals surface area contributed by atoms with Gasteiger partial charge < -0.3 is 10.2 Å². The van der Waals surface area contributed by atoms with Crippen LogP contribution in [0.3, 0.4) is 0 Å². The zero-order chi connectivity index (χ0) is 12.8. The number of fused-ring (bicyclic) bond motifs is 1. The van der Waals surface area contributed by atoms with Crippen LogP contribution in [0, 0.1) is 0 Å². The number of rotatable bonds is 1. The second-order valence-corrected chi connectivity index (χ2v) is 3.44. The quantitative estimate of drug-likeness (QED) is 0.740. The van der Waals surface area contributed by atoms with Gasteiger partial charge in [-0.05, 0) is 19.1 Å². The average Bonchev–Trinajstić information content (AvgIpc) is 2.30. The third kappa shape index (κ3) is 3.61. The summed E-state index contributed by atoms with van der Waals surface area (Å²) in [6.07, 6.45) is 1.67. The Hall–Kier alpha value is -2.36. The van der Waals surface area contributed by atoms with E-state index in [4.69, 9.17) is 5.11 Å². The maximum Gasteiger partial charge on any atom is 0.330 e. The van der Waals surface area contributed by atoms with Gasteiger partial charge in [0, 0.05) is 17.2 Å². The van der Waals surface area contributed by atoms with E-state index in [9.17, 15) is 9.90 Å². The van der Waals surface area contributed by atoms with E-state index < -0.39 is 5.97 Å². The van der Waals surface area contributed by atoms with Crippen LogP contribution in [0.5, 0.6) is 5.75 Å². The molecule has 2 rings (SSSR count). The van der Waals surface area contributed by atoms with Gasteiger partial charge in [-0.1, -0.05) is 24.8 Å². The van der Waals surface area contributed by atoms with E-state index >= 15 is 0 Å². The molecule has 0 amide bonds. The van der Waals surface area contributed by atoms with E-state index in [0.29, 0.717) is 5.52 Å². The predicted molar refractivity (Wildman–Crippen MR) is 65.9 cm³/mol. The van der Waals surface area contributed by atoms with Crippen molar-refractivity contribution in [1.82, 2.24) is 4.98 Å². The molecule has 0 saturated carbocycles. The van der Waals surface area contributed by atoms with Crippen molar-refractivity contribution in [2.24, 2.45) is 0 Å². The monoisotopic (exact) mass is 231 g/mol. The maximum absolute atomic E-state index is 9.60. The largest absolute Gasteiger partial charge is 0.506 e. The smallest absolute Gasteiger partial charge is 0.330 e. The lowest BCUT2D eigenvalue weighted by molar-refractivity contribution is -0.132. The van der Waals surface area contributed by atoms with E-state index in [-0.39, 0.29) is 11.3 Å². The fourth-order valence-corrected chi connectivity index (χ4v) is 1.09. The van der Waals surface area contributed by atoms with Gasteiger partial charge in [0.15, 0.2) is 0 Å². The second-order valence-electron chi connectivity index (χ2n) is 3.44. The molecule has 1 heterocycles. The number of phenols is 1. The van der Waals surface area contributed by atoms with Crippen molar-refractivity contribution in [3.63, 3.8) is 0 Å². The Morgan fingerprint density at radius 1 is 1.29 bits per heavy atom. The lowest BCUT2D eigenvalue weighted by Crippen LogP contribution is -1.92. The normalized spacial score (nSPS) is 9.24. The number of carboxylic acids is 1. The fraction of sp³-hybridized carbons (Fsp3) is 0.0769. The third-order valence-electron chi connectivity index (χ3n) is 1.98. The summed E-state index contributed by atoms with van der Waals surface area (Å²) in [7, 11) is 0. The summed E-state index contributed by atoms with van der Waals surface area (Å²) in [6.45, 7) is 4.60. The Morgan fingerprint density at radius 3 is 2.41 bits per heavy atom. The number of aromatic nitrogens is 1. The SMILES string of the molecule is C=C(C)C(=O)O.Oc1cccc2cccnc12. The molecule has 1 aromatic carbocycles. The Kier molecular flexibility index (Phi) is 4.22. The van der Waals surface area contributed by atoms with Crippen LogP contribution >= 0.6 is 0 Å². The molecule has 0 spiro atoms. The van der Waals surface area contributed by atoms with Crippen molar-refractivity contribution in [2.75, 3.05) is 0 Å². The molecule has 4 nitrogen and oxygen atoms in total. The van der Waals surface area contributed by atoms with Crippen LogP contribution in [0.1, 0.15) is 6.92 Å². The van der Waals surface area contributed by atoms with Crippen LogP contribution in [0.15, 0.2) is 48.7 Å². The maximum atomic E-state index is 9.60. The van der Waals surface area contributed by atoms with Crippen molar-refractivity contribution in [3.05, 3.63) is 48.7 Å². The van der Waals surface area contributed by atoms with Gasteiger partial charge in [0.25, 0.3) is 0 Å². The molecule has 88 valence electrons. The molecule has 0 atom stereocenters. The van der Waals surface area contributed by atoms with Crippen LogP contribution in [0.4, 0.5) is 0 Å². The van der Waals surface area contributed by atoms with Gasteiger partial charge >= 0.3 is 5.97 Å².